The summed E-state index contributed by atoms with van der Waals surface area (Å²) in [5, 5.41) is 0. The van der Waals surface area contributed by atoms with E-state index in [1.807, 2.05) is 0 Å². The minimum Gasteiger partial charge on any atom is -0.360 e. The van der Waals surface area contributed by atoms with E-state index >= 15 is 0 Å². The summed E-state index contributed by atoms with van der Waals surface area (Å²) in [5.41, 5.74) is 0. The standard InChI is InChI=1S/C6H19NSi2.Sn/c1-8(2,3)7-9(4,5)6;/h7H,1-6H3;. The van der Waals surface area contributed by atoms with Crippen molar-refractivity contribution in [3.8, 4) is 0 Å². The van der Waals surface area contributed by atoms with Gasteiger partial charge in [0.2, 0.25) is 0 Å². The molecule has 0 saturated heterocycles. The smallest absolute Gasteiger partial charge is 0.109 e. The minimum atomic E-state index is -0.981. The van der Waals surface area contributed by atoms with Crippen LogP contribution in [-0.4, -0.2) is 40.4 Å². The van der Waals surface area contributed by atoms with E-state index in [4.69, 9.17) is 0 Å². The number of nitrogens with one attached hydrogen (secondary N) is 1. The Morgan fingerprint density at radius 2 is 0.900 bits per heavy atom. The second-order valence-corrected chi connectivity index (χ2v) is 14.6. The molecule has 0 rings (SSSR count). The topological polar surface area (TPSA) is 12.0 Å². The van der Waals surface area contributed by atoms with Crippen molar-refractivity contribution < 1.29 is 0 Å². The van der Waals surface area contributed by atoms with Gasteiger partial charge in [0.15, 0.2) is 0 Å². The predicted molar refractivity (Wildman–Crippen MR) is 55.6 cm³/mol. The van der Waals surface area contributed by atoms with E-state index in [0.29, 0.717) is 0 Å². The largest absolute Gasteiger partial charge is 0.360 e. The average Bonchev–Trinajstić information content (AvgIpc) is 1.14. The molecule has 4 heteroatoms. The van der Waals surface area contributed by atoms with Gasteiger partial charge in [0.1, 0.15) is 16.5 Å². The van der Waals surface area contributed by atoms with Gasteiger partial charge in [-0.25, -0.2) is 0 Å². The summed E-state index contributed by atoms with van der Waals surface area (Å²) in [6.45, 7) is 14.1. The zero-order valence-electron chi connectivity index (χ0n) is 8.00. The van der Waals surface area contributed by atoms with Crippen LogP contribution in [0.25, 0.3) is 0 Å². The van der Waals surface area contributed by atoms with Crippen molar-refractivity contribution in [3.05, 3.63) is 0 Å². The SMILES string of the molecule is C[Si](C)(C)N[Si](C)(C)C.[Sn]. The Kier molecular flexibility index (Phi) is 5.88. The molecule has 0 spiro atoms. The molecule has 0 unspecified atom stereocenters. The molecule has 0 aromatic rings. The van der Waals surface area contributed by atoms with Crippen LogP contribution >= 0.6 is 0 Å². The Balaban J connectivity index is 0. The Bertz CT molecular complexity index is 80.9. The van der Waals surface area contributed by atoms with E-state index in [0.717, 1.165) is 0 Å². The van der Waals surface area contributed by atoms with Gasteiger partial charge in [0.25, 0.3) is 0 Å². The van der Waals surface area contributed by atoms with Gasteiger partial charge in [-0.2, -0.15) is 0 Å². The van der Waals surface area contributed by atoms with Crippen LogP contribution in [0, 0.1) is 0 Å². The van der Waals surface area contributed by atoms with E-state index < -0.39 is 16.5 Å². The van der Waals surface area contributed by atoms with Crippen molar-refractivity contribution in [1.29, 1.82) is 0 Å². The van der Waals surface area contributed by atoms with Crippen molar-refractivity contribution in [2.75, 3.05) is 0 Å². The molecule has 4 radical (unpaired) electrons. The zero-order valence-corrected chi connectivity index (χ0v) is 12.9. The Hall–Kier alpha value is 1.19. The number of hydrogen-bond acceptors (Lipinski definition) is 1. The first kappa shape index (κ1) is 13.8. The third-order valence-corrected chi connectivity index (χ3v) is 6.75. The first-order valence-corrected chi connectivity index (χ1v) is 10.5. The van der Waals surface area contributed by atoms with Crippen LogP contribution in [0.5, 0.6) is 0 Å². The van der Waals surface area contributed by atoms with E-state index in [9.17, 15) is 0 Å². The summed E-state index contributed by atoms with van der Waals surface area (Å²) >= 11 is 0. The zero-order chi connectivity index (χ0) is 7.71. The maximum absolute atomic E-state index is 3.74. The monoisotopic (exact) mass is 281 g/mol. The molecule has 60 valence electrons. The molecular formula is C6H19NSi2Sn. The van der Waals surface area contributed by atoms with E-state index in [1.54, 1.807) is 0 Å². The van der Waals surface area contributed by atoms with Crippen molar-refractivity contribution in [3.63, 3.8) is 0 Å². The first-order chi connectivity index (χ1) is 3.71. The summed E-state index contributed by atoms with van der Waals surface area (Å²) in [7, 11) is -1.96. The van der Waals surface area contributed by atoms with Gasteiger partial charge in [0, 0.05) is 23.9 Å². The molecule has 0 amide bonds. The molecule has 0 aromatic carbocycles. The number of rotatable bonds is 2. The van der Waals surface area contributed by atoms with Crippen LogP contribution in [0.3, 0.4) is 0 Å². The second kappa shape index (κ2) is 4.28. The molecule has 0 heterocycles. The normalized spacial score (nSPS) is 12.6. The van der Waals surface area contributed by atoms with Gasteiger partial charge < -0.3 is 4.65 Å². The predicted octanol–water partition coefficient (Wildman–Crippen LogP) is 1.86. The fourth-order valence-corrected chi connectivity index (χ4v) is 10.1. The fourth-order valence-electron chi connectivity index (χ4n) is 1.12. The van der Waals surface area contributed by atoms with E-state index in [-0.39, 0.29) is 23.9 Å². The maximum atomic E-state index is 3.74. The fraction of sp³-hybridized carbons (Fsp3) is 1.00. The number of hydrogen-bond donors (Lipinski definition) is 1. The molecule has 0 bridgehead atoms. The van der Waals surface area contributed by atoms with Gasteiger partial charge in [-0.05, 0) is 0 Å². The molecule has 10 heavy (non-hydrogen) atoms. The van der Waals surface area contributed by atoms with Gasteiger partial charge in [-0.3, -0.25) is 0 Å². The van der Waals surface area contributed by atoms with Gasteiger partial charge in [0.05, 0.1) is 0 Å². The van der Waals surface area contributed by atoms with Crippen molar-refractivity contribution in [2.45, 2.75) is 39.3 Å². The average molecular weight is 280 g/mol. The molecule has 1 N–H and O–H groups in total. The Labute approximate surface area is 84.1 Å². The molecule has 0 fully saturated rings. The van der Waals surface area contributed by atoms with Crippen LogP contribution in [0.1, 0.15) is 0 Å². The second-order valence-electron chi connectivity index (χ2n) is 4.62. The molecule has 0 aromatic heterocycles. The van der Waals surface area contributed by atoms with Gasteiger partial charge in [-0.1, -0.05) is 39.3 Å². The van der Waals surface area contributed by atoms with Gasteiger partial charge in [-0.15, -0.1) is 0 Å². The third kappa shape index (κ3) is 11.9. The maximum Gasteiger partial charge on any atom is 0.109 e. The quantitative estimate of drug-likeness (QED) is 0.761. The third-order valence-electron chi connectivity index (χ3n) is 0.750. The Morgan fingerprint density at radius 3 is 0.900 bits per heavy atom. The molecule has 0 atom stereocenters. The first-order valence-electron chi connectivity index (χ1n) is 3.50. The molecule has 0 aliphatic carbocycles. The van der Waals surface area contributed by atoms with Crippen LogP contribution in [0.2, 0.25) is 39.3 Å². The molecule has 1 nitrogen and oxygen atoms in total. The minimum absolute atomic E-state index is 0. The van der Waals surface area contributed by atoms with Gasteiger partial charge >= 0.3 is 0 Å². The van der Waals surface area contributed by atoms with E-state index in [2.05, 4.69) is 43.9 Å². The summed E-state index contributed by atoms with van der Waals surface area (Å²) in [5.74, 6) is 0. The Morgan fingerprint density at radius 1 is 0.700 bits per heavy atom. The van der Waals surface area contributed by atoms with Crippen LogP contribution in [0.4, 0.5) is 0 Å². The summed E-state index contributed by atoms with van der Waals surface area (Å²) < 4.78 is 3.74. The summed E-state index contributed by atoms with van der Waals surface area (Å²) in [6.07, 6.45) is 0. The molecule has 0 aliphatic rings. The van der Waals surface area contributed by atoms with Crippen molar-refractivity contribution in [1.82, 2.24) is 4.65 Å². The summed E-state index contributed by atoms with van der Waals surface area (Å²) in [4.78, 5) is 0. The van der Waals surface area contributed by atoms with E-state index in [1.165, 1.54) is 0 Å². The molecular weight excluding hydrogens is 261 g/mol. The van der Waals surface area contributed by atoms with Crippen molar-refractivity contribution in [2.24, 2.45) is 0 Å². The van der Waals surface area contributed by atoms with Crippen molar-refractivity contribution >= 4 is 40.4 Å². The summed E-state index contributed by atoms with van der Waals surface area (Å²) in [6, 6.07) is 0. The molecule has 0 saturated carbocycles. The molecule has 0 aliphatic heterocycles. The van der Waals surface area contributed by atoms with Crippen LogP contribution in [0.15, 0.2) is 0 Å². The van der Waals surface area contributed by atoms with Crippen LogP contribution < -0.4 is 4.65 Å². The van der Waals surface area contributed by atoms with Crippen LogP contribution in [-0.2, 0) is 0 Å².